The highest BCUT2D eigenvalue weighted by molar-refractivity contribution is 5.89. The Morgan fingerprint density at radius 1 is 1.45 bits per heavy atom. The Labute approximate surface area is 131 Å². The molecule has 120 valence electrons. The maximum Gasteiger partial charge on any atom is 0.227 e. The largest absolute Gasteiger partial charge is 0.383 e. The van der Waals surface area contributed by atoms with Gasteiger partial charge in [-0.2, -0.15) is 0 Å². The van der Waals surface area contributed by atoms with Crippen LogP contribution in [0.15, 0.2) is 24.5 Å². The van der Waals surface area contributed by atoms with E-state index < -0.39 is 0 Å². The molecule has 0 saturated carbocycles. The van der Waals surface area contributed by atoms with E-state index in [1.165, 1.54) is 0 Å². The van der Waals surface area contributed by atoms with Crippen molar-refractivity contribution in [3.05, 3.63) is 30.1 Å². The Morgan fingerprint density at radius 3 is 2.86 bits per heavy atom. The molecule has 0 aromatic carbocycles. The van der Waals surface area contributed by atoms with Crippen LogP contribution in [-0.2, 0) is 20.7 Å². The SMILES string of the molecule is COCCN1CC(C(=O)N(C)CCc2ccncc2)CC1=O. The van der Waals surface area contributed by atoms with Gasteiger partial charge in [0.1, 0.15) is 0 Å². The summed E-state index contributed by atoms with van der Waals surface area (Å²) in [7, 11) is 3.40. The lowest BCUT2D eigenvalue weighted by atomic mass is 10.1. The molecule has 6 heteroatoms. The molecule has 2 heterocycles. The Bertz CT molecular complexity index is 507. The smallest absolute Gasteiger partial charge is 0.227 e. The van der Waals surface area contributed by atoms with E-state index in [-0.39, 0.29) is 17.7 Å². The zero-order chi connectivity index (χ0) is 15.9. The fourth-order valence-corrected chi connectivity index (χ4v) is 2.62. The van der Waals surface area contributed by atoms with Crippen LogP contribution in [0.2, 0.25) is 0 Å². The first-order valence-corrected chi connectivity index (χ1v) is 7.52. The van der Waals surface area contributed by atoms with Gasteiger partial charge < -0.3 is 14.5 Å². The summed E-state index contributed by atoms with van der Waals surface area (Å²) in [6.07, 6.45) is 4.60. The molecule has 0 N–H and O–H groups in total. The van der Waals surface area contributed by atoms with Crippen molar-refractivity contribution >= 4 is 11.8 Å². The first-order chi connectivity index (χ1) is 10.6. The number of nitrogens with zero attached hydrogens (tertiary/aromatic N) is 3. The minimum absolute atomic E-state index is 0.0398. The van der Waals surface area contributed by atoms with Crippen molar-refractivity contribution < 1.29 is 14.3 Å². The fourth-order valence-electron chi connectivity index (χ4n) is 2.62. The quantitative estimate of drug-likeness (QED) is 0.739. The van der Waals surface area contributed by atoms with Crippen LogP contribution in [0.4, 0.5) is 0 Å². The summed E-state index contributed by atoms with van der Waals surface area (Å²) < 4.78 is 4.99. The second-order valence-electron chi connectivity index (χ2n) is 5.60. The van der Waals surface area contributed by atoms with Gasteiger partial charge in [-0.15, -0.1) is 0 Å². The molecule has 1 atom stereocenters. The Balaban J connectivity index is 1.82. The molecular weight excluding hydrogens is 282 g/mol. The number of carbonyl (C=O) groups is 2. The molecular formula is C16H23N3O3. The topological polar surface area (TPSA) is 62.7 Å². The predicted molar refractivity (Wildman–Crippen MR) is 82.1 cm³/mol. The van der Waals surface area contributed by atoms with Gasteiger partial charge in [0.05, 0.1) is 12.5 Å². The third kappa shape index (κ3) is 4.27. The maximum atomic E-state index is 12.4. The number of ether oxygens (including phenoxy) is 1. The number of likely N-dealkylation sites (tertiary alicyclic amines) is 1. The van der Waals surface area contributed by atoms with Crippen molar-refractivity contribution in [2.45, 2.75) is 12.8 Å². The normalized spacial score (nSPS) is 17.8. The van der Waals surface area contributed by atoms with Gasteiger partial charge in [-0.25, -0.2) is 0 Å². The molecule has 0 spiro atoms. The van der Waals surface area contributed by atoms with Gasteiger partial charge in [0.15, 0.2) is 0 Å². The number of methoxy groups -OCH3 is 1. The van der Waals surface area contributed by atoms with E-state index in [9.17, 15) is 9.59 Å². The number of hydrogen-bond donors (Lipinski definition) is 0. The summed E-state index contributed by atoms with van der Waals surface area (Å²) in [6.45, 7) is 2.20. The lowest BCUT2D eigenvalue weighted by Crippen LogP contribution is -2.36. The second kappa shape index (κ2) is 7.89. The summed E-state index contributed by atoms with van der Waals surface area (Å²) in [5, 5.41) is 0. The molecule has 2 amide bonds. The zero-order valence-electron chi connectivity index (χ0n) is 13.2. The molecule has 1 aliphatic rings. The molecule has 1 fully saturated rings. The molecule has 1 saturated heterocycles. The summed E-state index contributed by atoms with van der Waals surface area (Å²) in [5.41, 5.74) is 1.15. The predicted octanol–water partition coefficient (Wildman–Crippen LogP) is 0.577. The standard InChI is InChI=1S/C16H23N3O3/c1-18(8-5-13-3-6-17-7-4-13)16(21)14-11-15(20)19(12-14)9-10-22-2/h3-4,6-7,14H,5,8-12H2,1-2H3. The molecule has 1 aliphatic heterocycles. The van der Waals surface area contributed by atoms with Crippen molar-refractivity contribution in [2.24, 2.45) is 5.92 Å². The van der Waals surface area contributed by atoms with E-state index in [1.807, 2.05) is 12.1 Å². The van der Waals surface area contributed by atoms with E-state index >= 15 is 0 Å². The third-order valence-electron chi connectivity index (χ3n) is 3.99. The first-order valence-electron chi connectivity index (χ1n) is 7.52. The third-order valence-corrected chi connectivity index (χ3v) is 3.99. The van der Waals surface area contributed by atoms with Gasteiger partial charge in [0, 0.05) is 52.6 Å². The molecule has 1 aromatic rings. The van der Waals surface area contributed by atoms with Gasteiger partial charge in [-0.05, 0) is 24.1 Å². The van der Waals surface area contributed by atoms with Crippen molar-refractivity contribution in [1.29, 1.82) is 0 Å². The highest BCUT2D eigenvalue weighted by Crippen LogP contribution is 2.19. The van der Waals surface area contributed by atoms with Gasteiger partial charge in [0.25, 0.3) is 0 Å². The van der Waals surface area contributed by atoms with Gasteiger partial charge >= 0.3 is 0 Å². The summed E-state index contributed by atoms with van der Waals surface area (Å²) >= 11 is 0. The molecule has 2 rings (SSSR count). The van der Waals surface area contributed by atoms with E-state index in [1.54, 1.807) is 36.4 Å². The first kappa shape index (κ1) is 16.4. The Morgan fingerprint density at radius 2 is 2.18 bits per heavy atom. The zero-order valence-corrected chi connectivity index (χ0v) is 13.2. The second-order valence-corrected chi connectivity index (χ2v) is 5.60. The van der Waals surface area contributed by atoms with Crippen LogP contribution >= 0.6 is 0 Å². The number of carbonyl (C=O) groups excluding carboxylic acids is 2. The average Bonchev–Trinajstić information content (AvgIpc) is 2.91. The Hall–Kier alpha value is -1.95. The number of pyridine rings is 1. The fraction of sp³-hybridized carbons (Fsp3) is 0.562. The summed E-state index contributed by atoms with van der Waals surface area (Å²) in [4.78, 5) is 31.7. The summed E-state index contributed by atoms with van der Waals surface area (Å²) in [5.74, 6) is -0.146. The Kier molecular flexibility index (Phi) is 5.89. The van der Waals surface area contributed by atoms with Crippen molar-refractivity contribution in [3.63, 3.8) is 0 Å². The number of rotatable bonds is 7. The van der Waals surface area contributed by atoms with Crippen LogP contribution in [0, 0.1) is 5.92 Å². The van der Waals surface area contributed by atoms with E-state index in [2.05, 4.69) is 4.98 Å². The summed E-state index contributed by atoms with van der Waals surface area (Å²) in [6, 6.07) is 3.90. The lowest BCUT2D eigenvalue weighted by Gasteiger charge is -2.21. The van der Waals surface area contributed by atoms with Crippen LogP contribution < -0.4 is 0 Å². The van der Waals surface area contributed by atoms with Crippen LogP contribution in [0.1, 0.15) is 12.0 Å². The molecule has 0 radical (unpaired) electrons. The van der Waals surface area contributed by atoms with Crippen molar-refractivity contribution in [3.8, 4) is 0 Å². The van der Waals surface area contributed by atoms with Crippen molar-refractivity contribution in [2.75, 3.05) is 40.4 Å². The highest BCUT2D eigenvalue weighted by Gasteiger charge is 2.35. The molecule has 22 heavy (non-hydrogen) atoms. The van der Waals surface area contributed by atoms with E-state index in [4.69, 9.17) is 4.74 Å². The van der Waals surface area contributed by atoms with Crippen LogP contribution in [0.3, 0.4) is 0 Å². The molecule has 0 aliphatic carbocycles. The van der Waals surface area contributed by atoms with Crippen LogP contribution in [-0.4, -0.2) is 67.0 Å². The highest BCUT2D eigenvalue weighted by atomic mass is 16.5. The number of aromatic nitrogens is 1. The average molecular weight is 305 g/mol. The van der Waals surface area contributed by atoms with Crippen molar-refractivity contribution in [1.82, 2.24) is 14.8 Å². The van der Waals surface area contributed by atoms with Crippen LogP contribution in [0.5, 0.6) is 0 Å². The lowest BCUT2D eigenvalue weighted by molar-refractivity contribution is -0.134. The van der Waals surface area contributed by atoms with Gasteiger partial charge in [-0.3, -0.25) is 14.6 Å². The molecule has 6 nitrogen and oxygen atoms in total. The molecule has 1 unspecified atom stereocenters. The van der Waals surface area contributed by atoms with Crippen LogP contribution in [0.25, 0.3) is 0 Å². The van der Waals surface area contributed by atoms with Gasteiger partial charge in [-0.1, -0.05) is 0 Å². The monoisotopic (exact) mass is 305 g/mol. The minimum atomic E-state index is -0.230. The number of likely N-dealkylation sites (N-methyl/N-ethyl adjacent to an activating group) is 1. The van der Waals surface area contributed by atoms with Gasteiger partial charge in [0.2, 0.25) is 11.8 Å². The molecule has 1 aromatic heterocycles. The molecule has 0 bridgehead atoms. The number of amides is 2. The van der Waals surface area contributed by atoms with E-state index in [0.717, 1.165) is 12.0 Å². The maximum absolute atomic E-state index is 12.4. The number of hydrogen-bond acceptors (Lipinski definition) is 4. The van der Waals surface area contributed by atoms with E-state index in [0.29, 0.717) is 32.7 Å². The minimum Gasteiger partial charge on any atom is -0.383 e.